The van der Waals surface area contributed by atoms with Gasteiger partial charge < -0.3 is 24.2 Å². The van der Waals surface area contributed by atoms with Crippen molar-refractivity contribution in [1.82, 2.24) is 0 Å². The Bertz CT molecular complexity index is 755. The van der Waals surface area contributed by atoms with Gasteiger partial charge in [0.25, 0.3) is 0 Å². The molecular formula is C19H23NO5. The second-order valence-corrected chi connectivity index (χ2v) is 6.50. The van der Waals surface area contributed by atoms with E-state index in [0.29, 0.717) is 31.3 Å². The van der Waals surface area contributed by atoms with E-state index in [1.165, 1.54) is 6.20 Å². The number of hydrogen-bond acceptors (Lipinski definition) is 5. The summed E-state index contributed by atoms with van der Waals surface area (Å²) in [5.41, 5.74) is 3.22. The Labute approximate surface area is 147 Å². The second-order valence-electron chi connectivity index (χ2n) is 6.50. The Morgan fingerprint density at radius 1 is 1.20 bits per heavy atom. The predicted octanol–water partition coefficient (Wildman–Crippen LogP) is 3.00. The molecule has 1 aromatic carbocycles. The van der Waals surface area contributed by atoms with Crippen LogP contribution in [0.2, 0.25) is 0 Å². The van der Waals surface area contributed by atoms with Crippen LogP contribution in [0, 0.1) is 12.1 Å². The summed E-state index contributed by atoms with van der Waals surface area (Å²) < 4.78 is 23.3. The quantitative estimate of drug-likeness (QED) is 0.616. The van der Waals surface area contributed by atoms with Crippen LogP contribution in [0.1, 0.15) is 36.2 Å². The van der Waals surface area contributed by atoms with Gasteiger partial charge in [-0.1, -0.05) is 12.1 Å². The van der Waals surface area contributed by atoms with Crippen LogP contribution in [-0.4, -0.2) is 12.9 Å². The molecule has 3 rings (SSSR count). The van der Waals surface area contributed by atoms with E-state index < -0.39 is 5.79 Å². The topological polar surface area (TPSA) is 63.9 Å². The van der Waals surface area contributed by atoms with Crippen molar-refractivity contribution < 1.29 is 23.7 Å². The predicted molar refractivity (Wildman–Crippen MR) is 91.1 cm³/mol. The maximum absolute atomic E-state index is 12.2. The van der Waals surface area contributed by atoms with Crippen molar-refractivity contribution in [3.05, 3.63) is 58.1 Å². The lowest BCUT2D eigenvalue weighted by molar-refractivity contribution is -0.613. The van der Waals surface area contributed by atoms with Crippen LogP contribution in [-0.2, 0) is 29.3 Å². The molecule has 134 valence electrons. The third-order valence-corrected chi connectivity index (χ3v) is 4.19. The van der Waals surface area contributed by atoms with Gasteiger partial charge in [0.05, 0.1) is 32.5 Å². The van der Waals surface area contributed by atoms with Crippen molar-refractivity contribution in [2.24, 2.45) is 0 Å². The molecule has 0 bridgehead atoms. The monoisotopic (exact) mass is 345 g/mol. The van der Waals surface area contributed by atoms with Gasteiger partial charge in [0.1, 0.15) is 5.75 Å². The molecule has 0 unspecified atom stereocenters. The van der Waals surface area contributed by atoms with Crippen molar-refractivity contribution in [3.63, 3.8) is 0 Å². The summed E-state index contributed by atoms with van der Waals surface area (Å²) in [6, 6.07) is 7.68. The zero-order valence-corrected chi connectivity index (χ0v) is 15.0. The Kier molecular flexibility index (Phi) is 4.83. The summed E-state index contributed by atoms with van der Waals surface area (Å²) in [6.07, 6.45) is 1.53. The fourth-order valence-electron chi connectivity index (χ4n) is 2.72. The first-order valence-electron chi connectivity index (χ1n) is 8.18. The molecule has 0 N–H and O–H groups in total. The molecular weight excluding hydrogens is 322 g/mol. The number of ether oxygens (including phenoxy) is 4. The van der Waals surface area contributed by atoms with E-state index in [9.17, 15) is 5.21 Å². The molecule has 0 saturated carbocycles. The van der Waals surface area contributed by atoms with Gasteiger partial charge in [-0.3, -0.25) is 0 Å². The molecule has 2 heterocycles. The molecule has 0 fully saturated rings. The smallest absolute Gasteiger partial charge is 0.232 e. The molecule has 1 aliphatic rings. The lowest BCUT2D eigenvalue weighted by Gasteiger charge is -2.33. The summed E-state index contributed by atoms with van der Waals surface area (Å²) in [5.74, 6) is 0.658. The highest BCUT2D eigenvalue weighted by Gasteiger charge is 2.33. The number of fused-ring (bicyclic) bond motifs is 1. The summed E-state index contributed by atoms with van der Waals surface area (Å²) in [7, 11) is 1.63. The second kappa shape index (κ2) is 6.90. The molecule has 0 amide bonds. The summed E-state index contributed by atoms with van der Waals surface area (Å²) >= 11 is 0. The van der Waals surface area contributed by atoms with Crippen molar-refractivity contribution in [3.8, 4) is 11.5 Å². The van der Waals surface area contributed by atoms with Crippen LogP contribution in [0.25, 0.3) is 0 Å². The number of nitrogens with zero attached hydrogens (tertiary/aromatic N) is 1. The van der Waals surface area contributed by atoms with Gasteiger partial charge in [-0.2, -0.15) is 4.73 Å². The molecule has 0 aliphatic carbocycles. The molecule has 0 atom stereocenters. The highest BCUT2D eigenvalue weighted by atomic mass is 16.7. The number of pyridine rings is 1. The van der Waals surface area contributed by atoms with E-state index in [1.54, 1.807) is 14.0 Å². The lowest BCUT2D eigenvalue weighted by atomic mass is 10.1. The third-order valence-electron chi connectivity index (χ3n) is 4.19. The fraction of sp³-hybridized carbons (Fsp3) is 0.421. The number of hydrogen-bond donors (Lipinski definition) is 0. The van der Waals surface area contributed by atoms with Crippen LogP contribution in [0.3, 0.4) is 0 Å². The molecule has 1 aromatic heterocycles. The first-order chi connectivity index (χ1) is 11.9. The van der Waals surface area contributed by atoms with Crippen molar-refractivity contribution in [1.29, 1.82) is 0 Å². The molecule has 6 heteroatoms. The first-order valence-corrected chi connectivity index (χ1v) is 8.18. The number of aromatic nitrogens is 1. The minimum atomic E-state index is -0.743. The Hall–Kier alpha value is -2.31. The molecule has 25 heavy (non-hydrogen) atoms. The SMILES string of the molecule is COc1ccc(COCc2c[n+]([O-])c(C)c3c2COC(C)(C)O3)cc1. The average Bonchev–Trinajstić information content (AvgIpc) is 2.59. The molecule has 1 aliphatic heterocycles. The summed E-state index contributed by atoms with van der Waals surface area (Å²) in [6.45, 7) is 6.55. The summed E-state index contributed by atoms with van der Waals surface area (Å²) in [5, 5.41) is 12.2. The van der Waals surface area contributed by atoms with E-state index in [1.807, 2.05) is 38.1 Å². The van der Waals surface area contributed by atoms with Gasteiger partial charge in [0.2, 0.25) is 11.5 Å². The lowest BCUT2D eigenvalue weighted by Crippen LogP contribution is -2.40. The van der Waals surface area contributed by atoms with Crippen LogP contribution < -0.4 is 14.2 Å². The van der Waals surface area contributed by atoms with Gasteiger partial charge in [-0.05, 0) is 17.7 Å². The van der Waals surface area contributed by atoms with Gasteiger partial charge in [0.15, 0.2) is 11.9 Å². The van der Waals surface area contributed by atoms with Gasteiger partial charge in [0, 0.05) is 26.3 Å². The van der Waals surface area contributed by atoms with E-state index in [2.05, 4.69) is 0 Å². The number of benzene rings is 1. The van der Waals surface area contributed by atoms with Gasteiger partial charge in [-0.15, -0.1) is 0 Å². The maximum Gasteiger partial charge on any atom is 0.232 e. The van der Waals surface area contributed by atoms with E-state index in [4.69, 9.17) is 18.9 Å². The molecule has 6 nitrogen and oxygen atoms in total. The van der Waals surface area contributed by atoms with Gasteiger partial charge in [-0.25, -0.2) is 0 Å². The molecule has 0 spiro atoms. The zero-order chi connectivity index (χ0) is 18.0. The zero-order valence-electron chi connectivity index (χ0n) is 15.0. The molecule has 0 radical (unpaired) electrons. The minimum Gasteiger partial charge on any atom is -0.618 e. The molecule has 0 saturated heterocycles. The van der Waals surface area contributed by atoms with Crippen molar-refractivity contribution >= 4 is 0 Å². The third kappa shape index (κ3) is 3.86. The van der Waals surface area contributed by atoms with Gasteiger partial charge >= 0.3 is 0 Å². The van der Waals surface area contributed by atoms with Crippen molar-refractivity contribution in [2.75, 3.05) is 7.11 Å². The largest absolute Gasteiger partial charge is 0.618 e. The Balaban J connectivity index is 1.73. The van der Waals surface area contributed by atoms with E-state index >= 15 is 0 Å². The minimum absolute atomic E-state index is 0.310. The van der Waals surface area contributed by atoms with E-state index in [-0.39, 0.29) is 0 Å². The Morgan fingerprint density at radius 2 is 1.92 bits per heavy atom. The average molecular weight is 345 g/mol. The normalized spacial score (nSPS) is 15.4. The van der Waals surface area contributed by atoms with Crippen molar-refractivity contribution in [2.45, 2.75) is 46.4 Å². The van der Waals surface area contributed by atoms with Crippen LogP contribution in [0.4, 0.5) is 0 Å². The molecule has 2 aromatic rings. The summed E-state index contributed by atoms with van der Waals surface area (Å²) in [4.78, 5) is 0. The number of methoxy groups -OCH3 is 1. The number of rotatable bonds is 5. The first kappa shape index (κ1) is 17.5. The highest BCUT2D eigenvalue weighted by molar-refractivity contribution is 5.40. The standard InChI is InChI=1S/C19H23NO5/c1-13-18-17(12-24-19(2,3)25-18)15(9-20(13)21)11-23-10-14-5-7-16(22-4)8-6-14/h5-9H,10-12H2,1-4H3. The maximum atomic E-state index is 12.2. The van der Waals surface area contributed by atoms with Crippen LogP contribution >= 0.6 is 0 Å². The van der Waals surface area contributed by atoms with Crippen LogP contribution in [0.15, 0.2) is 30.5 Å². The van der Waals surface area contributed by atoms with E-state index in [0.717, 1.165) is 27.2 Å². The Morgan fingerprint density at radius 3 is 2.60 bits per heavy atom. The fourth-order valence-corrected chi connectivity index (χ4v) is 2.72. The van der Waals surface area contributed by atoms with Crippen LogP contribution in [0.5, 0.6) is 11.5 Å². The highest BCUT2D eigenvalue weighted by Crippen LogP contribution is 2.34.